The highest BCUT2D eigenvalue weighted by molar-refractivity contribution is 7.18. The number of para-hydroxylation sites is 1. The smallest absolute Gasteiger partial charge is 0.312 e. The van der Waals surface area contributed by atoms with Crippen LogP contribution in [-0.4, -0.2) is 28.8 Å². The van der Waals surface area contributed by atoms with Gasteiger partial charge in [0, 0.05) is 13.0 Å². The molecule has 0 spiro atoms. The van der Waals surface area contributed by atoms with Crippen molar-refractivity contribution in [2.75, 3.05) is 6.61 Å². The van der Waals surface area contributed by atoms with Gasteiger partial charge in [0.15, 0.2) is 0 Å². The molecular formula is C16H17NO3S. The topological polar surface area (TPSA) is 59.4 Å². The number of ether oxygens (including phenoxy) is 1. The molecule has 4 nitrogen and oxygen atoms in total. The van der Waals surface area contributed by atoms with Crippen LogP contribution in [0.4, 0.5) is 0 Å². The molecule has 1 aliphatic carbocycles. The Morgan fingerprint density at radius 2 is 2.24 bits per heavy atom. The Labute approximate surface area is 126 Å². The summed E-state index contributed by atoms with van der Waals surface area (Å²) in [5.74, 6) is -0.297. The van der Waals surface area contributed by atoms with E-state index in [2.05, 4.69) is 4.98 Å². The number of carbonyl (C=O) groups is 1. The van der Waals surface area contributed by atoms with E-state index in [4.69, 9.17) is 4.74 Å². The van der Waals surface area contributed by atoms with Gasteiger partial charge < -0.3 is 9.84 Å². The first-order chi connectivity index (χ1) is 10.2. The predicted octanol–water partition coefficient (Wildman–Crippen LogP) is 3.11. The highest BCUT2D eigenvalue weighted by Gasteiger charge is 2.56. The van der Waals surface area contributed by atoms with Crippen molar-refractivity contribution in [1.29, 1.82) is 0 Å². The molecule has 0 amide bonds. The van der Waals surface area contributed by atoms with Crippen molar-refractivity contribution in [3.63, 3.8) is 0 Å². The molecule has 1 saturated carbocycles. The van der Waals surface area contributed by atoms with E-state index in [9.17, 15) is 9.90 Å². The van der Waals surface area contributed by atoms with E-state index in [1.807, 2.05) is 24.3 Å². The fourth-order valence-electron chi connectivity index (χ4n) is 3.41. The maximum absolute atomic E-state index is 12.0. The van der Waals surface area contributed by atoms with Gasteiger partial charge in [0.05, 0.1) is 21.3 Å². The molecule has 1 saturated heterocycles. The van der Waals surface area contributed by atoms with Crippen LogP contribution in [-0.2, 0) is 16.0 Å². The van der Waals surface area contributed by atoms with Gasteiger partial charge in [-0.15, -0.1) is 11.3 Å². The second-order valence-corrected chi connectivity index (χ2v) is 7.21. The second-order valence-electron chi connectivity index (χ2n) is 6.09. The van der Waals surface area contributed by atoms with E-state index in [0.29, 0.717) is 25.4 Å². The molecule has 2 aromatic rings. The van der Waals surface area contributed by atoms with Crippen molar-refractivity contribution in [1.82, 2.24) is 4.98 Å². The zero-order valence-electron chi connectivity index (χ0n) is 11.6. The summed E-state index contributed by atoms with van der Waals surface area (Å²) in [4.78, 5) is 16.6. The molecule has 1 aliphatic heterocycles. The zero-order chi connectivity index (χ0) is 14.4. The maximum atomic E-state index is 12.0. The summed E-state index contributed by atoms with van der Waals surface area (Å²) in [6.45, 7) is 0.554. The number of rotatable bonds is 4. The molecule has 0 radical (unpaired) electrons. The third kappa shape index (κ3) is 2.15. The third-order valence-corrected chi connectivity index (χ3v) is 5.71. The lowest BCUT2D eigenvalue weighted by molar-refractivity contribution is -0.153. The predicted molar refractivity (Wildman–Crippen MR) is 80.5 cm³/mol. The van der Waals surface area contributed by atoms with E-state index < -0.39 is 11.4 Å². The number of benzene rings is 1. The van der Waals surface area contributed by atoms with Gasteiger partial charge in [-0.3, -0.25) is 4.79 Å². The lowest BCUT2D eigenvalue weighted by Crippen LogP contribution is -2.42. The monoisotopic (exact) mass is 303 g/mol. The highest BCUT2D eigenvalue weighted by atomic mass is 32.1. The summed E-state index contributed by atoms with van der Waals surface area (Å²) < 4.78 is 6.92. The van der Waals surface area contributed by atoms with Crippen LogP contribution in [0.3, 0.4) is 0 Å². The number of fused-ring (bicyclic) bond motifs is 1. The molecule has 0 bridgehead atoms. The van der Waals surface area contributed by atoms with Gasteiger partial charge in [0.1, 0.15) is 5.41 Å². The lowest BCUT2D eigenvalue weighted by atomic mass is 9.76. The minimum atomic E-state index is -0.783. The van der Waals surface area contributed by atoms with Crippen LogP contribution in [0.1, 0.15) is 24.3 Å². The molecule has 2 aliphatic rings. The number of hydrogen-bond acceptors (Lipinski definition) is 4. The Balaban J connectivity index is 1.69. The molecule has 2 unspecified atom stereocenters. The Bertz CT molecular complexity index is 661. The van der Waals surface area contributed by atoms with Crippen molar-refractivity contribution in [2.45, 2.75) is 31.8 Å². The van der Waals surface area contributed by atoms with Crippen LogP contribution in [0.25, 0.3) is 10.2 Å². The number of aromatic nitrogens is 1. The zero-order valence-corrected chi connectivity index (χ0v) is 12.4. The summed E-state index contributed by atoms with van der Waals surface area (Å²) in [5.41, 5.74) is 0.176. The molecule has 1 N–H and O–H groups in total. The Morgan fingerprint density at radius 1 is 1.43 bits per heavy atom. The Morgan fingerprint density at radius 3 is 2.95 bits per heavy atom. The summed E-state index contributed by atoms with van der Waals surface area (Å²) in [6, 6.07) is 7.97. The third-order valence-electron chi connectivity index (χ3n) is 4.67. The largest absolute Gasteiger partial charge is 0.481 e. The van der Waals surface area contributed by atoms with E-state index in [-0.39, 0.29) is 6.10 Å². The maximum Gasteiger partial charge on any atom is 0.312 e. The molecule has 2 atom stereocenters. The average Bonchev–Trinajstić information content (AvgIpc) is 3.08. The van der Waals surface area contributed by atoms with Crippen LogP contribution in [0.2, 0.25) is 0 Å². The fourth-order valence-corrected chi connectivity index (χ4v) is 4.51. The number of hydrogen-bond donors (Lipinski definition) is 1. The quantitative estimate of drug-likeness (QED) is 0.943. The number of thiazole rings is 1. The van der Waals surface area contributed by atoms with Crippen molar-refractivity contribution in [3.8, 4) is 0 Å². The molecular weight excluding hydrogens is 286 g/mol. The van der Waals surface area contributed by atoms with Crippen LogP contribution in [0.5, 0.6) is 0 Å². The van der Waals surface area contributed by atoms with Crippen molar-refractivity contribution < 1.29 is 14.6 Å². The fraction of sp³-hybridized carbons (Fsp3) is 0.500. The molecule has 110 valence electrons. The van der Waals surface area contributed by atoms with Gasteiger partial charge in [0.2, 0.25) is 0 Å². The molecule has 2 fully saturated rings. The summed E-state index contributed by atoms with van der Waals surface area (Å²) in [7, 11) is 0. The van der Waals surface area contributed by atoms with Crippen LogP contribution in [0.15, 0.2) is 24.3 Å². The minimum Gasteiger partial charge on any atom is -0.481 e. The van der Waals surface area contributed by atoms with Crippen molar-refractivity contribution in [2.24, 2.45) is 11.3 Å². The highest BCUT2D eigenvalue weighted by Crippen LogP contribution is 2.50. The number of carboxylic acid groups (broad SMARTS) is 1. The second kappa shape index (κ2) is 4.78. The van der Waals surface area contributed by atoms with E-state index in [0.717, 1.165) is 28.1 Å². The molecule has 4 rings (SSSR count). The first-order valence-electron chi connectivity index (χ1n) is 7.38. The van der Waals surface area contributed by atoms with E-state index >= 15 is 0 Å². The summed E-state index contributed by atoms with van der Waals surface area (Å²) in [6.07, 6.45) is 3.14. The van der Waals surface area contributed by atoms with Gasteiger partial charge in [-0.1, -0.05) is 12.1 Å². The molecule has 1 aromatic carbocycles. The van der Waals surface area contributed by atoms with Crippen molar-refractivity contribution >= 4 is 27.5 Å². The molecule has 1 aromatic heterocycles. The van der Waals surface area contributed by atoms with Crippen molar-refractivity contribution in [3.05, 3.63) is 29.3 Å². The van der Waals surface area contributed by atoms with Crippen LogP contribution >= 0.6 is 11.3 Å². The first-order valence-corrected chi connectivity index (χ1v) is 8.20. The summed E-state index contributed by atoms with van der Waals surface area (Å²) in [5, 5.41) is 10.8. The van der Waals surface area contributed by atoms with Crippen LogP contribution in [0, 0.1) is 11.3 Å². The SMILES string of the molecule is O=C(O)C1(Cc2nc3ccccc3s2)CCOC1C1CC1. The molecule has 2 heterocycles. The number of nitrogens with zero attached hydrogens (tertiary/aromatic N) is 1. The van der Waals surface area contributed by atoms with E-state index in [1.165, 1.54) is 0 Å². The van der Waals surface area contributed by atoms with Gasteiger partial charge >= 0.3 is 5.97 Å². The molecule has 5 heteroatoms. The van der Waals surface area contributed by atoms with E-state index in [1.54, 1.807) is 11.3 Å². The standard InChI is InChI=1S/C16H17NO3S/c18-15(19)16(7-8-20-14(16)10-5-6-10)9-13-17-11-3-1-2-4-12(11)21-13/h1-4,10,14H,5-9H2,(H,18,19). The van der Waals surface area contributed by atoms with Gasteiger partial charge in [0.25, 0.3) is 0 Å². The molecule has 21 heavy (non-hydrogen) atoms. The normalized spacial score (nSPS) is 29.0. The Hall–Kier alpha value is -1.46. The van der Waals surface area contributed by atoms with Gasteiger partial charge in [-0.2, -0.15) is 0 Å². The average molecular weight is 303 g/mol. The number of aliphatic carboxylic acids is 1. The van der Waals surface area contributed by atoms with Gasteiger partial charge in [-0.25, -0.2) is 4.98 Å². The van der Waals surface area contributed by atoms with Gasteiger partial charge in [-0.05, 0) is 37.3 Å². The first kappa shape index (κ1) is 13.2. The lowest BCUT2D eigenvalue weighted by Gasteiger charge is -2.29. The number of carboxylic acids is 1. The van der Waals surface area contributed by atoms with Crippen LogP contribution < -0.4 is 0 Å². The summed E-state index contributed by atoms with van der Waals surface area (Å²) >= 11 is 1.60. The minimum absolute atomic E-state index is 0.137. The Kier molecular flexibility index (Phi) is 3.01.